The van der Waals surface area contributed by atoms with Gasteiger partial charge in [0, 0.05) is 36.8 Å². The number of aliphatic imine (C=N–C) groups is 1. The summed E-state index contributed by atoms with van der Waals surface area (Å²) in [5.41, 5.74) is 1.83. The summed E-state index contributed by atoms with van der Waals surface area (Å²) in [6.45, 7) is 6.18. The van der Waals surface area contributed by atoms with Crippen molar-refractivity contribution in [2.24, 2.45) is 4.99 Å². The Morgan fingerprint density at radius 1 is 1.19 bits per heavy atom. The van der Waals surface area contributed by atoms with Gasteiger partial charge in [0.15, 0.2) is 15.8 Å². The zero-order valence-electron chi connectivity index (χ0n) is 15.4. The molecular weight excluding hydrogens is 368 g/mol. The van der Waals surface area contributed by atoms with Crippen molar-refractivity contribution < 1.29 is 8.42 Å². The van der Waals surface area contributed by atoms with Crippen molar-refractivity contribution in [3.8, 4) is 0 Å². The van der Waals surface area contributed by atoms with Gasteiger partial charge in [0.05, 0.1) is 17.3 Å². The van der Waals surface area contributed by atoms with E-state index in [-0.39, 0.29) is 5.75 Å². The summed E-state index contributed by atoms with van der Waals surface area (Å²) in [7, 11) is -3.01. The van der Waals surface area contributed by atoms with E-state index in [9.17, 15) is 8.42 Å². The second-order valence-electron chi connectivity index (χ2n) is 6.12. The molecule has 2 rings (SSSR count). The van der Waals surface area contributed by atoms with Crippen LogP contribution in [0.25, 0.3) is 0 Å². The first-order valence-electron chi connectivity index (χ1n) is 8.55. The van der Waals surface area contributed by atoms with E-state index >= 15 is 0 Å². The number of sulfone groups is 1. The first-order valence-corrected chi connectivity index (χ1v) is 11.4. The first-order chi connectivity index (χ1) is 12.4. The summed E-state index contributed by atoms with van der Waals surface area (Å²) in [5, 5.41) is 7.66. The average molecular weight is 395 g/mol. The molecule has 142 valence electrons. The molecule has 0 aliphatic rings. The van der Waals surface area contributed by atoms with E-state index in [1.54, 1.807) is 11.3 Å². The number of guanidine groups is 1. The second kappa shape index (κ2) is 9.68. The SMILES string of the molecule is CCNC(=NCc1ccc(CS(C)(=O)=O)cc1)NCCc1ncc(C)s1. The van der Waals surface area contributed by atoms with E-state index in [1.165, 1.54) is 11.1 Å². The predicted octanol–water partition coefficient (Wildman–Crippen LogP) is 2.29. The Balaban J connectivity index is 1.89. The number of hydrogen-bond donors (Lipinski definition) is 2. The van der Waals surface area contributed by atoms with Crippen molar-refractivity contribution in [3.63, 3.8) is 0 Å². The van der Waals surface area contributed by atoms with E-state index in [2.05, 4.69) is 27.5 Å². The topological polar surface area (TPSA) is 83.5 Å². The highest BCUT2D eigenvalue weighted by Crippen LogP contribution is 2.11. The molecule has 0 aliphatic carbocycles. The molecule has 6 nitrogen and oxygen atoms in total. The van der Waals surface area contributed by atoms with Gasteiger partial charge in [-0.1, -0.05) is 24.3 Å². The fourth-order valence-electron chi connectivity index (χ4n) is 2.36. The lowest BCUT2D eigenvalue weighted by molar-refractivity contribution is 0.601. The minimum Gasteiger partial charge on any atom is -0.357 e. The third-order valence-corrected chi connectivity index (χ3v) is 5.35. The van der Waals surface area contributed by atoms with Crippen LogP contribution < -0.4 is 10.6 Å². The van der Waals surface area contributed by atoms with Gasteiger partial charge in [0.2, 0.25) is 0 Å². The van der Waals surface area contributed by atoms with Gasteiger partial charge in [-0.2, -0.15) is 0 Å². The molecule has 0 saturated heterocycles. The molecule has 1 aromatic carbocycles. The van der Waals surface area contributed by atoms with E-state index in [0.717, 1.165) is 41.6 Å². The van der Waals surface area contributed by atoms with Gasteiger partial charge in [-0.25, -0.2) is 18.4 Å². The minimum absolute atomic E-state index is 0.0664. The van der Waals surface area contributed by atoms with Gasteiger partial charge >= 0.3 is 0 Å². The summed E-state index contributed by atoms with van der Waals surface area (Å²) in [5.74, 6) is 0.831. The number of rotatable bonds is 8. The lowest BCUT2D eigenvalue weighted by Crippen LogP contribution is -2.38. The molecule has 2 aromatic rings. The van der Waals surface area contributed by atoms with Gasteiger partial charge in [-0.05, 0) is 25.0 Å². The maximum Gasteiger partial charge on any atom is 0.191 e. The number of aryl methyl sites for hydroxylation is 1. The van der Waals surface area contributed by atoms with Crippen LogP contribution in [0.5, 0.6) is 0 Å². The van der Waals surface area contributed by atoms with E-state index < -0.39 is 9.84 Å². The number of benzene rings is 1. The highest BCUT2D eigenvalue weighted by molar-refractivity contribution is 7.89. The molecule has 0 amide bonds. The van der Waals surface area contributed by atoms with Crippen LogP contribution in [-0.4, -0.2) is 38.7 Å². The van der Waals surface area contributed by atoms with E-state index in [0.29, 0.717) is 6.54 Å². The Labute approximate surface area is 159 Å². The molecule has 0 atom stereocenters. The number of thiazole rings is 1. The first kappa shape index (κ1) is 20.4. The Bertz CT molecular complexity index is 827. The molecular formula is C18H26N4O2S2. The van der Waals surface area contributed by atoms with Gasteiger partial charge in [0.25, 0.3) is 0 Å². The second-order valence-corrected chi connectivity index (χ2v) is 9.58. The maximum atomic E-state index is 11.3. The molecule has 1 heterocycles. The Morgan fingerprint density at radius 2 is 1.88 bits per heavy atom. The van der Waals surface area contributed by atoms with Crippen LogP contribution in [0.1, 0.15) is 27.9 Å². The summed E-state index contributed by atoms with van der Waals surface area (Å²) < 4.78 is 22.7. The minimum atomic E-state index is -3.01. The van der Waals surface area contributed by atoms with Crippen LogP contribution in [0, 0.1) is 6.92 Å². The Kier molecular flexibility index (Phi) is 7.59. The zero-order chi connectivity index (χ0) is 19.0. The lowest BCUT2D eigenvalue weighted by atomic mass is 10.1. The molecule has 26 heavy (non-hydrogen) atoms. The van der Waals surface area contributed by atoms with E-state index in [1.807, 2.05) is 37.4 Å². The van der Waals surface area contributed by atoms with Crippen LogP contribution in [0.2, 0.25) is 0 Å². The molecule has 0 fully saturated rings. The Hall–Kier alpha value is -1.93. The summed E-state index contributed by atoms with van der Waals surface area (Å²) >= 11 is 1.71. The number of aromatic nitrogens is 1. The van der Waals surface area contributed by atoms with Crippen LogP contribution in [-0.2, 0) is 28.6 Å². The molecule has 1 aromatic heterocycles. The quantitative estimate of drug-likeness (QED) is 0.530. The third kappa shape index (κ3) is 7.53. The third-order valence-electron chi connectivity index (χ3n) is 3.52. The van der Waals surface area contributed by atoms with Crippen LogP contribution in [0.4, 0.5) is 0 Å². The fourth-order valence-corrected chi connectivity index (χ4v) is 3.95. The van der Waals surface area contributed by atoms with Crippen molar-refractivity contribution in [2.45, 2.75) is 32.6 Å². The van der Waals surface area contributed by atoms with E-state index in [4.69, 9.17) is 0 Å². The smallest absolute Gasteiger partial charge is 0.191 e. The van der Waals surface area contributed by atoms with Crippen LogP contribution in [0.15, 0.2) is 35.5 Å². The van der Waals surface area contributed by atoms with Crippen LogP contribution >= 0.6 is 11.3 Å². The van der Waals surface area contributed by atoms with Gasteiger partial charge in [-0.15, -0.1) is 11.3 Å². The summed E-state index contributed by atoms with van der Waals surface area (Å²) in [6.07, 6.45) is 4.00. The van der Waals surface area contributed by atoms with Crippen molar-refractivity contribution in [1.29, 1.82) is 0 Å². The monoisotopic (exact) mass is 394 g/mol. The molecule has 0 aliphatic heterocycles. The van der Waals surface area contributed by atoms with Gasteiger partial charge < -0.3 is 10.6 Å². The zero-order valence-corrected chi connectivity index (χ0v) is 17.1. The largest absolute Gasteiger partial charge is 0.357 e. The number of hydrogen-bond acceptors (Lipinski definition) is 5. The van der Waals surface area contributed by atoms with Crippen LogP contribution in [0.3, 0.4) is 0 Å². The highest BCUT2D eigenvalue weighted by atomic mass is 32.2. The molecule has 0 unspecified atom stereocenters. The summed E-state index contributed by atoms with van der Waals surface area (Å²) in [6, 6.07) is 7.53. The number of nitrogens with one attached hydrogen (secondary N) is 2. The van der Waals surface area contributed by atoms with Crippen molar-refractivity contribution in [3.05, 3.63) is 51.5 Å². The highest BCUT2D eigenvalue weighted by Gasteiger charge is 2.05. The molecule has 0 spiro atoms. The molecule has 8 heteroatoms. The molecule has 0 radical (unpaired) electrons. The fraction of sp³-hybridized carbons (Fsp3) is 0.444. The molecule has 0 bridgehead atoms. The maximum absolute atomic E-state index is 11.3. The molecule has 2 N–H and O–H groups in total. The van der Waals surface area contributed by atoms with Crippen molar-refractivity contribution in [2.75, 3.05) is 19.3 Å². The predicted molar refractivity (Wildman–Crippen MR) is 108 cm³/mol. The molecule has 0 saturated carbocycles. The van der Waals surface area contributed by atoms with Crippen molar-refractivity contribution in [1.82, 2.24) is 15.6 Å². The lowest BCUT2D eigenvalue weighted by Gasteiger charge is -2.10. The normalized spacial score (nSPS) is 12.2. The van der Waals surface area contributed by atoms with Crippen molar-refractivity contribution >= 4 is 27.1 Å². The summed E-state index contributed by atoms with van der Waals surface area (Å²) in [4.78, 5) is 10.2. The Morgan fingerprint density at radius 3 is 2.46 bits per heavy atom. The van der Waals surface area contributed by atoms with Gasteiger partial charge in [-0.3, -0.25) is 0 Å². The standard InChI is InChI=1S/C18H26N4O2S2/c1-4-19-18(20-10-9-17-21-11-14(2)25-17)22-12-15-5-7-16(8-6-15)13-26(3,23)24/h5-8,11H,4,9-10,12-13H2,1-3H3,(H2,19,20,22). The average Bonchev–Trinajstić information content (AvgIpc) is 2.98. The number of nitrogens with zero attached hydrogens (tertiary/aromatic N) is 2. The van der Waals surface area contributed by atoms with Gasteiger partial charge in [0.1, 0.15) is 0 Å².